The van der Waals surface area contributed by atoms with E-state index in [1.165, 1.54) is 12.8 Å². The number of hydrogen-bond donors (Lipinski definition) is 1. The molecule has 0 heterocycles. The molecule has 0 aromatic carbocycles. The van der Waals surface area contributed by atoms with Gasteiger partial charge in [-0.05, 0) is 34.2 Å². The first-order valence-corrected chi connectivity index (χ1v) is 7.22. The number of likely N-dealkylation sites (N-methyl/N-ethyl adjacent to an activating group) is 1. The van der Waals surface area contributed by atoms with Gasteiger partial charge in [0.05, 0.1) is 6.54 Å². The van der Waals surface area contributed by atoms with Crippen molar-refractivity contribution in [2.24, 2.45) is 4.99 Å². The lowest BCUT2D eigenvalue weighted by Crippen LogP contribution is -2.40. The van der Waals surface area contributed by atoms with Gasteiger partial charge in [-0.2, -0.15) is 0 Å². The van der Waals surface area contributed by atoms with E-state index in [0.717, 1.165) is 32.1 Å². The largest absolute Gasteiger partial charge is 0.357 e. The Morgan fingerprint density at radius 1 is 1.16 bits per heavy atom. The van der Waals surface area contributed by atoms with E-state index in [0.29, 0.717) is 6.04 Å². The van der Waals surface area contributed by atoms with Crippen molar-refractivity contribution in [2.75, 3.05) is 40.3 Å². The quantitative estimate of drug-likeness (QED) is 0.397. The molecule has 0 saturated heterocycles. The summed E-state index contributed by atoms with van der Waals surface area (Å²) < 4.78 is 0. The summed E-state index contributed by atoms with van der Waals surface area (Å²) in [6.07, 6.45) is 2.44. The Labute approximate surface area is 137 Å². The molecule has 0 rings (SSSR count). The Kier molecular flexibility index (Phi) is 14.5. The fraction of sp³-hybridized carbons (Fsp3) is 0.929. The maximum Gasteiger partial charge on any atom is 0.193 e. The van der Waals surface area contributed by atoms with Crippen molar-refractivity contribution in [2.45, 2.75) is 46.6 Å². The fourth-order valence-corrected chi connectivity index (χ4v) is 1.54. The van der Waals surface area contributed by atoms with Gasteiger partial charge in [0.1, 0.15) is 0 Å². The number of hydrogen-bond acceptors (Lipinski definition) is 2. The molecule has 4 nitrogen and oxygen atoms in total. The lowest BCUT2D eigenvalue weighted by molar-refractivity contribution is 0.281. The third kappa shape index (κ3) is 10.4. The van der Waals surface area contributed by atoms with Crippen molar-refractivity contribution in [1.82, 2.24) is 15.1 Å². The van der Waals surface area contributed by atoms with Gasteiger partial charge >= 0.3 is 0 Å². The number of halogens is 1. The van der Waals surface area contributed by atoms with Gasteiger partial charge in [0.15, 0.2) is 5.96 Å². The Balaban J connectivity index is 0. The van der Waals surface area contributed by atoms with Crippen LogP contribution in [-0.4, -0.2) is 62.1 Å². The molecule has 0 unspecified atom stereocenters. The van der Waals surface area contributed by atoms with Crippen molar-refractivity contribution in [3.63, 3.8) is 0 Å². The topological polar surface area (TPSA) is 30.9 Å². The van der Waals surface area contributed by atoms with Crippen molar-refractivity contribution >= 4 is 29.9 Å². The van der Waals surface area contributed by atoms with Gasteiger partial charge in [-0.15, -0.1) is 24.0 Å². The molecule has 0 radical (unpaired) electrons. The van der Waals surface area contributed by atoms with Gasteiger partial charge in [-0.1, -0.05) is 13.3 Å². The van der Waals surface area contributed by atoms with Crippen molar-refractivity contribution in [1.29, 1.82) is 0 Å². The molecule has 0 aliphatic heterocycles. The summed E-state index contributed by atoms with van der Waals surface area (Å²) in [4.78, 5) is 9.22. The second kappa shape index (κ2) is 13.0. The molecule has 19 heavy (non-hydrogen) atoms. The minimum atomic E-state index is 0. The zero-order valence-corrected chi connectivity index (χ0v) is 15.9. The van der Waals surface area contributed by atoms with Gasteiger partial charge in [0.25, 0.3) is 0 Å². The molecule has 0 fully saturated rings. The normalized spacial score (nSPS) is 11.7. The molecule has 0 bridgehead atoms. The van der Waals surface area contributed by atoms with Gasteiger partial charge in [0, 0.05) is 32.7 Å². The molecule has 0 aromatic rings. The van der Waals surface area contributed by atoms with Crippen molar-refractivity contribution in [3.8, 4) is 0 Å². The highest BCUT2D eigenvalue weighted by molar-refractivity contribution is 14.0. The number of guanidine groups is 1. The summed E-state index contributed by atoms with van der Waals surface area (Å²) >= 11 is 0. The van der Waals surface area contributed by atoms with Crippen LogP contribution in [0.4, 0.5) is 0 Å². The molecule has 0 aliphatic carbocycles. The van der Waals surface area contributed by atoms with Crippen LogP contribution >= 0.6 is 24.0 Å². The van der Waals surface area contributed by atoms with E-state index < -0.39 is 0 Å². The third-order valence-corrected chi connectivity index (χ3v) is 3.14. The summed E-state index contributed by atoms with van der Waals surface area (Å²) in [6.45, 7) is 12.6. The lowest BCUT2D eigenvalue weighted by atomic mass is 10.3. The van der Waals surface area contributed by atoms with E-state index in [4.69, 9.17) is 0 Å². The number of unbranched alkanes of at least 4 members (excludes halogenated alkanes) is 1. The number of rotatable bonds is 8. The van der Waals surface area contributed by atoms with Crippen molar-refractivity contribution in [3.05, 3.63) is 0 Å². The average Bonchev–Trinajstić information content (AvgIpc) is 2.34. The summed E-state index contributed by atoms with van der Waals surface area (Å²) in [6, 6.07) is 0.584. The molecule has 5 heteroatoms. The second-order valence-corrected chi connectivity index (χ2v) is 5.09. The molecule has 0 aromatic heterocycles. The maximum atomic E-state index is 4.68. The van der Waals surface area contributed by atoms with Crippen LogP contribution in [0.15, 0.2) is 4.99 Å². The first-order valence-electron chi connectivity index (χ1n) is 7.22. The van der Waals surface area contributed by atoms with Crippen LogP contribution in [0.2, 0.25) is 0 Å². The zero-order valence-electron chi connectivity index (χ0n) is 13.6. The highest BCUT2D eigenvalue weighted by Crippen LogP contribution is 1.95. The monoisotopic (exact) mass is 384 g/mol. The Morgan fingerprint density at radius 2 is 1.79 bits per heavy atom. The smallest absolute Gasteiger partial charge is 0.193 e. The summed E-state index contributed by atoms with van der Waals surface area (Å²) in [5.74, 6) is 1.03. The highest BCUT2D eigenvalue weighted by atomic mass is 127. The van der Waals surface area contributed by atoms with Gasteiger partial charge in [-0.3, -0.25) is 4.99 Å². The minimum Gasteiger partial charge on any atom is -0.357 e. The van der Waals surface area contributed by atoms with Crippen LogP contribution in [0, 0.1) is 0 Å². The predicted octanol–water partition coefficient (Wildman–Crippen LogP) is 2.64. The number of nitrogens with one attached hydrogen (secondary N) is 1. The molecular formula is C14H33IN4. The van der Waals surface area contributed by atoms with E-state index in [9.17, 15) is 0 Å². The van der Waals surface area contributed by atoms with Crippen LogP contribution in [0.1, 0.15) is 40.5 Å². The van der Waals surface area contributed by atoms with Crippen LogP contribution in [-0.2, 0) is 0 Å². The zero-order chi connectivity index (χ0) is 14.0. The summed E-state index contributed by atoms with van der Waals surface area (Å²) in [5, 5.41) is 3.35. The highest BCUT2D eigenvalue weighted by Gasteiger charge is 2.05. The van der Waals surface area contributed by atoms with Crippen molar-refractivity contribution < 1.29 is 0 Å². The van der Waals surface area contributed by atoms with Crippen LogP contribution in [0.25, 0.3) is 0 Å². The first kappa shape index (κ1) is 21.3. The van der Waals surface area contributed by atoms with Gasteiger partial charge < -0.3 is 15.1 Å². The molecule has 0 atom stereocenters. The lowest BCUT2D eigenvalue weighted by Gasteiger charge is -2.23. The summed E-state index contributed by atoms with van der Waals surface area (Å²) in [7, 11) is 4.26. The standard InChI is InChI=1S/C14H32N4.HI/c1-7-9-11-18(6)14(15-8-2)16-10-12-17(5)13(3)4;/h13H,7-12H2,1-6H3,(H,15,16);1H. The molecule has 0 amide bonds. The van der Waals surface area contributed by atoms with E-state index in [-0.39, 0.29) is 24.0 Å². The molecule has 0 spiro atoms. The van der Waals surface area contributed by atoms with E-state index in [2.05, 4.69) is 61.9 Å². The van der Waals surface area contributed by atoms with Crippen LogP contribution < -0.4 is 5.32 Å². The minimum absolute atomic E-state index is 0. The van der Waals surface area contributed by atoms with E-state index in [1.807, 2.05) is 0 Å². The third-order valence-electron chi connectivity index (χ3n) is 3.14. The Hall–Kier alpha value is -0.0400. The van der Waals surface area contributed by atoms with Gasteiger partial charge in [-0.25, -0.2) is 0 Å². The molecule has 1 N–H and O–H groups in total. The number of nitrogens with zero attached hydrogens (tertiary/aromatic N) is 3. The second-order valence-electron chi connectivity index (χ2n) is 5.09. The predicted molar refractivity (Wildman–Crippen MR) is 96.7 cm³/mol. The summed E-state index contributed by atoms with van der Waals surface area (Å²) in [5.41, 5.74) is 0. The first-order chi connectivity index (χ1) is 8.52. The molecule has 0 saturated carbocycles. The van der Waals surface area contributed by atoms with E-state index in [1.54, 1.807) is 0 Å². The number of aliphatic imine (C=N–C) groups is 1. The SMILES string of the molecule is CCCCN(C)C(=NCCN(C)C(C)C)NCC.I. The Morgan fingerprint density at radius 3 is 2.26 bits per heavy atom. The Bertz CT molecular complexity index is 231. The van der Waals surface area contributed by atoms with Gasteiger partial charge in [0.2, 0.25) is 0 Å². The molecule has 0 aliphatic rings. The van der Waals surface area contributed by atoms with E-state index >= 15 is 0 Å². The maximum absolute atomic E-state index is 4.68. The molecular weight excluding hydrogens is 351 g/mol. The van der Waals surface area contributed by atoms with Crippen LogP contribution in [0.5, 0.6) is 0 Å². The molecule has 116 valence electrons. The fourth-order valence-electron chi connectivity index (χ4n) is 1.54. The average molecular weight is 384 g/mol. The van der Waals surface area contributed by atoms with Crippen LogP contribution in [0.3, 0.4) is 0 Å².